The van der Waals surface area contributed by atoms with Crippen LogP contribution in [0.4, 0.5) is 11.5 Å². The fraction of sp³-hybridized carbons (Fsp3) is 0.273. The molecule has 0 amide bonds. The highest BCUT2D eigenvalue weighted by Gasteiger charge is 2.20. The molecule has 7 nitrogen and oxygen atoms in total. The van der Waals surface area contributed by atoms with Gasteiger partial charge in [0.1, 0.15) is 5.82 Å². The van der Waals surface area contributed by atoms with Gasteiger partial charge in [-0.15, -0.1) is 0 Å². The van der Waals surface area contributed by atoms with Crippen molar-refractivity contribution < 1.29 is 0 Å². The fourth-order valence-electron chi connectivity index (χ4n) is 3.63. The minimum Gasteiger partial charge on any atom is -0.397 e. The van der Waals surface area contributed by atoms with Crippen molar-refractivity contribution in [3.8, 4) is 11.3 Å². The highest BCUT2D eigenvalue weighted by Crippen LogP contribution is 2.25. The predicted molar refractivity (Wildman–Crippen MR) is 116 cm³/mol. The van der Waals surface area contributed by atoms with Crippen LogP contribution in [0.1, 0.15) is 24.1 Å². The maximum absolute atomic E-state index is 8.72. The molecule has 0 spiro atoms. The number of hydrogen-bond donors (Lipinski definition) is 3. The van der Waals surface area contributed by atoms with Gasteiger partial charge in [0.05, 0.1) is 29.0 Å². The second kappa shape index (κ2) is 8.36. The number of hydrogen-bond acceptors (Lipinski definition) is 7. The Morgan fingerprint density at radius 2 is 1.97 bits per heavy atom. The monoisotopic (exact) mass is 387 g/mol. The first-order valence-electron chi connectivity index (χ1n) is 9.83. The third kappa shape index (κ3) is 4.09. The van der Waals surface area contributed by atoms with Crippen molar-refractivity contribution in [3.05, 3.63) is 66.2 Å². The van der Waals surface area contributed by atoms with E-state index in [1.807, 2.05) is 36.4 Å². The Labute approximate surface area is 170 Å². The van der Waals surface area contributed by atoms with Crippen LogP contribution in [0.25, 0.3) is 11.3 Å². The van der Waals surface area contributed by atoms with Crippen molar-refractivity contribution in [2.75, 3.05) is 30.3 Å². The van der Waals surface area contributed by atoms with E-state index in [2.05, 4.69) is 14.9 Å². The number of nitrogens with one attached hydrogen (secondary N) is 1. The van der Waals surface area contributed by atoms with Gasteiger partial charge in [-0.1, -0.05) is 6.07 Å². The molecule has 1 saturated heterocycles. The molecule has 1 aliphatic rings. The molecule has 7 heteroatoms. The summed E-state index contributed by atoms with van der Waals surface area (Å²) < 4.78 is 0. The number of rotatable bonds is 5. The number of nitrogens with zero attached hydrogens (tertiary/aromatic N) is 4. The van der Waals surface area contributed by atoms with Crippen LogP contribution in [0.5, 0.6) is 0 Å². The van der Waals surface area contributed by atoms with Crippen molar-refractivity contribution in [2.24, 2.45) is 11.7 Å². The molecular formula is C22H25N7. The van der Waals surface area contributed by atoms with Gasteiger partial charge >= 0.3 is 0 Å². The van der Waals surface area contributed by atoms with E-state index in [0.717, 1.165) is 49.6 Å². The molecule has 4 rings (SSSR count). The summed E-state index contributed by atoms with van der Waals surface area (Å²) in [5.41, 5.74) is 15.5. The van der Waals surface area contributed by atoms with Crippen molar-refractivity contribution >= 4 is 17.2 Å². The Balaban J connectivity index is 1.60. The summed E-state index contributed by atoms with van der Waals surface area (Å²) in [4.78, 5) is 15.5. The average Bonchev–Trinajstić information content (AvgIpc) is 2.79. The van der Waals surface area contributed by atoms with E-state index in [0.29, 0.717) is 22.9 Å². The molecule has 0 saturated carbocycles. The molecule has 3 aromatic heterocycles. The topological polar surface area (TPSA) is 118 Å². The van der Waals surface area contributed by atoms with Crippen molar-refractivity contribution in [3.63, 3.8) is 0 Å². The number of aromatic nitrogens is 3. The van der Waals surface area contributed by atoms with E-state index in [9.17, 15) is 0 Å². The summed E-state index contributed by atoms with van der Waals surface area (Å²) in [5, 5.41) is 8.72. The lowest BCUT2D eigenvalue weighted by atomic mass is 9.97. The molecule has 5 N–H and O–H groups in total. The van der Waals surface area contributed by atoms with Crippen LogP contribution in [-0.4, -0.2) is 40.3 Å². The molecule has 4 heterocycles. The smallest absolute Gasteiger partial charge is 0.129 e. The van der Waals surface area contributed by atoms with Crippen molar-refractivity contribution in [1.29, 1.82) is 5.41 Å². The quantitative estimate of drug-likeness (QED) is 0.579. The van der Waals surface area contributed by atoms with E-state index in [1.54, 1.807) is 18.6 Å². The lowest BCUT2D eigenvalue weighted by Gasteiger charge is -2.32. The normalized spacial score (nSPS) is 14.7. The Morgan fingerprint density at radius 1 is 1.14 bits per heavy atom. The standard InChI is InChI=1S/C22H25N7/c23-12-15-6-9-29(10-7-15)21-5-1-4-19(28-21)22(25)17-11-20(27-14-18(17)24)16-3-2-8-26-13-16/h1-5,8,11,13-15,25H,6-7,9-10,12,23-24H2. The van der Waals surface area contributed by atoms with Crippen molar-refractivity contribution in [1.82, 2.24) is 15.0 Å². The van der Waals surface area contributed by atoms with E-state index >= 15 is 0 Å². The van der Waals surface area contributed by atoms with Gasteiger partial charge in [0.15, 0.2) is 0 Å². The Kier molecular flexibility index (Phi) is 5.48. The van der Waals surface area contributed by atoms with E-state index in [-0.39, 0.29) is 5.71 Å². The minimum atomic E-state index is 0.286. The van der Waals surface area contributed by atoms with Gasteiger partial charge in [-0.25, -0.2) is 4.98 Å². The average molecular weight is 387 g/mol. The fourth-order valence-corrected chi connectivity index (χ4v) is 3.63. The molecule has 29 heavy (non-hydrogen) atoms. The first-order valence-corrected chi connectivity index (χ1v) is 9.83. The van der Waals surface area contributed by atoms with Crippen LogP contribution in [0, 0.1) is 11.3 Å². The third-order valence-corrected chi connectivity index (χ3v) is 5.42. The number of anilines is 2. The summed E-state index contributed by atoms with van der Waals surface area (Å²) in [6.45, 7) is 2.62. The molecule has 0 aliphatic carbocycles. The first kappa shape index (κ1) is 19.0. The van der Waals surface area contributed by atoms with E-state index in [4.69, 9.17) is 21.9 Å². The molecule has 3 aromatic rings. The van der Waals surface area contributed by atoms with Crippen LogP contribution in [-0.2, 0) is 0 Å². The van der Waals surface area contributed by atoms with Gasteiger partial charge in [0, 0.05) is 36.6 Å². The summed E-state index contributed by atoms with van der Waals surface area (Å²) in [6.07, 6.45) is 7.20. The summed E-state index contributed by atoms with van der Waals surface area (Å²) in [7, 11) is 0. The SMILES string of the molecule is N=C(c1cccc(N2CCC(CN)CC2)n1)c1cc(-c2cccnc2)ncc1N. The van der Waals surface area contributed by atoms with Gasteiger partial charge < -0.3 is 16.4 Å². The Bertz CT molecular complexity index is 995. The molecule has 0 aromatic carbocycles. The number of piperidine rings is 1. The van der Waals surface area contributed by atoms with Gasteiger partial charge in [-0.3, -0.25) is 15.4 Å². The maximum Gasteiger partial charge on any atom is 0.129 e. The van der Waals surface area contributed by atoms with Crippen LogP contribution in [0.2, 0.25) is 0 Å². The Morgan fingerprint density at radius 3 is 2.69 bits per heavy atom. The molecule has 1 aliphatic heterocycles. The minimum absolute atomic E-state index is 0.286. The molecule has 1 fully saturated rings. The molecule has 0 radical (unpaired) electrons. The lowest BCUT2D eigenvalue weighted by Crippen LogP contribution is -2.36. The van der Waals surface area contributed by atoms with Crippen LogP contribution >= 0.6 is 0 Å². The van der Waals surface area contributed by atoms with Gasteiger partial charge in [-0.2, -0.15) is 0 Å². The lowest BCUT2D eigenvalue weighted by molar-refractivity contribution is 0.413. The van der Waals surface area contributed by atoms with Crippen LogP contribution < -0.4 is 16.4 Å². The van der Waals surface area contributed by atoms with Crippen LogP contribution in [0.3, 0.4) is 0 Å². The van der Waals surface area contributed by atoms with Gasteiger partial charge in [0.2, 0.25) is 0 Å². The number of nitrogens with two attached hydrogens (primary N) is 2. The van der Waals surface area contributed by atoms with E-state index in [1.165, 1.54) is 0 Å². The molecule has 148 valence electrons. The summed E-state index contributed by atoms with van der Waals surface area (Å²) in [5.74, 6) is 1.48. The zero-order chi connectivity index (χ0) is 20.2. The van der Waals surface area contributed by atoms with Gasteiger partial charge in [-0.05, 0) is 55.6 Å². The Hall–Kier alpha value is -3.32. The molecular weight excluding hydrogens is 362 g/mol. The largest absolute Gasteiger partial charge is 0.397 e. The molecule has 0 bridgehead atoms. The van der Waals surface area contributed by atoms with Gasteiger partial charge in [0.25, 0.3) is 0 Å². The third-order valence-electron chi connectivity index (χ3n) is 5.42. The first-order chi connectivity index (χ1) is 14.2. The van der Waals surface area contributed by atoms with Crippen molar-refractivity contribution in [2.45, 2.75) is 12.8 Å². The zero-order valence-electron chi connectivity index (χ0n) is 16.3. The highest BCUT2D eigenvalue weighted by atomic mass is 15.2. The number of nitrogen functional groups attached to an aromatic ring is 1. The van der Waals surface area contributed by atoms with Crippen LogP contribution in [0.15, 0.2) is 55.0 Å². The highest BCUT2D eigenvalue weighted by molar-refractivity contribution is 6.13. The molecule has 0 unspecified atom stereocenters. The summed E-state index contributed by atoms with van der Waals surface area (Å²) in [6, 6.07) is 11.4. The summed E-state index contributed by atoms with van der Waals surface area (Å²) >= 11 is 0. The second-order valence-electron chi connectivity index (χ2n) is 7.32. The maximum atomic E-state index is 8.72. The zero-order valence-corrected chi connectivity index (χ0v) is 16.3. The molecule has 0 atom stereocenters. The van der Waals surface area contributed by atoms with E-state index < -0.39 is 0 Å². The number of pyridine rings is 3. The predicted octanol–water partition coefficient (Wildman–Crippen LogP) is 2.71. The second-order valence-corrected chi connectivity index (χ2v) is 7.32.